The number of hydrogen-bond donors (Lipinski definition) is 2. The third-order valence-electron chi connectivity index (χ3n) is 12.0. The first-order chi connectivity index (χ1) is 34.5. The van der Waals surface area contributed by atoms with Crippen LogP contribution in [0.1, 0.15) is 95.7 Å². The van der Waals surface area contributed by atoms with E-state index in [1.54, 1.807) is 43.8 Å². The number of para-hydroxylation sites is 1. The van der Waals surface area contributed by atoms with E-state index in [9.17, 15) is 45.3 Å². The molecule has 2 N–H and O–H groups in total. The summed E-state index contributed by atoms with van der Waals surface area (Å²) in [5.74, 6) is -3.84. The Balaban J connectivity index is 1.23. The number of carbonyl (C=O) groups is 2. The van der Waals surface area contributed by atoms with E-state index in [0.717, 1.165) is 43.5 Å². The SMILES string of the molecule is COCC1(C)[C@@H](COP(=O)(N[C@@H](C)C(=O)OC(C)C)Oc2ccccc2)O[C@@H](n2ccc(NC(=O)CC(C)(C)CC[C@H](CCSCc3ccc(C(F)(F)F)cc3)SCc3ccc(C(F)(F)F)cc3)nc2=O)C1(F)F. The fraction of sp³-hybridized carbons (Fsp3) is 0.520. The molecule has 0 spiro atoms. The van der Waals surface area contributed by atoms with E-state index in [-0.39, 0.29) is 23.2 Å². The second kappa shape index (κ2) is 25.6. The van der Waals surface area contributed by atoms with E-state index >= 15 is 8.78 Å². The number of benzene rings is 3. The summed E-state index contributed by atoms with van der Waals surface area (Å²) in [5, 5.41) is 5.04. The smallest absolute Gasteiger partial charge is 0.459 e. The first-order valence-electron chi connectivity index (χ1n) is 23.4. The number of thioether (sulfide) groups is 2. The molecule has 0 bridgehead atoms. The summed E-state index contributed by atoms with van der Waals surface area (Å²) < 4.78 is 154. The number of alkyl halides is 8. The zero-order valence-electron chi connectivity index (χ0n) is 41.8. The maximum atomic E-state index is 16.6. The van der Waals surface area contributed by atoms with Gasteiger partial charge in [-0.3, -0.25) is 18.7 Å². The van der Waals surface area contributed by atoms with Crippen LogP contribution in [0.5, 0.6) is 5.75 Å². The van der Waals surface area contributed by atoms with Crippen molar-refractivity contribution in [1.82, 2.24) is 14.6 Å². The number of ether oxygens (including phenoxy) is 3. The Morgan fingerprint density at radius 1 is 0.878 bits per heavy atom. The predicted molar refractivity (Wildman–Crippen MR) is 267 cm³/mol. The number of nitrogens with one attached hydrogen (secondary N) is 2. The van der Waals surface area contributed by atoms with Crippen molar-refractivity contribution in [2.24, 2.45) is 10.8 Å². The van der Waals surface area contributed by atoms with Crippen molar-refractivity contribution >= 4 is 49.0 Å². The Morgan fingerprint density at radius 3 is 2.03 bits per heavy atom. The molecule has 5 rings (SSSR count). The average Bonchev–Trinajstić information content (AvgIpc) is 3.50. The summed E-state index contributed by atoms with van der Waals surface area (Å²) in [7, 11) is -3.36. The van der Waals surface area contributed by atoms with Crippen molar-refractivity contribution in [2.75, 3.05) is 31.4 Å². The van der Waals surface area contributed by atoms with E-state index in [1.807, 2.05) is 13.8 Å². The lowest BCUT2D eigenvalue weighted by molar-refractivity contribution is -0.157. The van der Waals surface area contributed by atoms with Crippen molar-refractivity contribution < 1.29 is 72.5 Å². The molecule has 4 aromatic rings. The molecule has 1 fully saturated rings. The molecule has 1 aliphatic heterocycles. The van der Waals surface area contributed by atoms with E-state index in [1.165, 1.54) is 62.2 Å². The summed E-state index contributed by atoms with van der Waals surface area (Å²) in [6.07, 6.45) is -10.6. The summed E-state index contributed by atoms with van der Waals surface area (Å²) in [6.45, 7) is 8.03. The third-order valence-corrected chi connectivity index (χ3v) is 16.1. The normalized spacial score (nSPS) is 19.7. The minimum absolute atomic E-state index is 0.0188. The number of nitrogens with zero attached hydrogens (tertiary/aromatic N) is 2. The van der Waals surface area contributed by atoms with Crippen molar-refractivity contribution in [3.05, 3.63) is 124 Å². The highest BCUT2D eigenvalue weighted by atomic mass is 32.2. The lowest BCUT2D eigenvalue weighted by Crippen LogP contribution is -2.49. The van der Waals surface area contributed by atoms with Gasteiger partial charge in [0.1, 0.15) is 17.6 Å². The van der Waals surface area contributed by atoms with Crippen molar-refractivity contribution in [2.45, 2.75) is 127 Å². The van der Waals surface area contributed by atoms with Crippen LogP contribution >= 0.6 is 31.3 Å². The Kier molecular flexibility index (Phi) is 20.8. The Bertz CT molecular complexity index is 2580. The summed E-state index contributed by atoms with van der Waals surface area (Å²) in [6, 6.07) is 17.5. The standard InChI is InChI=1S/C50H61F8N4O9PS2/c1-32(2)69-43(64)33(3)61-72(66,71-38-11-9-8-10-12-38)68-28-40-47(6,31-67-7)48(51,52)44(70-40)62-25-22-41(60-45(62)65)59-42(63)27-46(4,5)24-21-39(74-30-35-15-19-37(20-16-35)50(56,57)58)23-26-73-29-34-13-17-36(18-14-34)49(53,54)55/h8-20,22,25,32-33,39-40,44H,21,23-24,26-31H2,1-7H3,(H,61,66)(H,59,60,63,65)/t33-,39+,40+,44+,47?,72?/m0/s1. The zero-order valence-corrected chi connectivity index (χ0v) is 44.3. The Morgan fingerprint density at radius 2 is 1.47 bits per heavy atom. The molecule has 408 valence electrons. The number of halogens is 8. The van der Waals surface area contributed by atoms with Crippen molar-refractivity contribution in [1.29, 1.82) is 0 Å². The van der Waals surface area contributed by atoms with E-state index in [0.29, 0.717) is 52.2 Å². The van der Waals surface area contributed by atoms with Crippen LogP contribution in [-0.4, -0.2) is 76.9 Å². The van der Waals surface area contributed by atoms with Crippen LogP contribution in [0.3, 0.4) is 0 Å². The maximum absolute atomic E-state index is 16.6. The van der Waals surface area contributed by atoms with Gasteiger partial charge in [-0.25, -0.2) is 18.1 Å². The van der Waals surface area contributed by atoms with E-state index in [4.69, 9.17) is 23.3 Å². The molecule has 6 atom stereocenters. The first kappa shape index (κ1) is 60.4. The molecule has 1 amide bonds. The van der Waals surface area contributed by atoms with Crippen LogP contribution in [0.2, 0.25) is 0 Å². The highest BCUT2D eigenvalue weighted by Crippen LogP contribution is 2.56. The number of amides is 1. The quantitative estimate of drug-likeness (QED) is 0.0265. The number of carbonyl (C=O) groups excluding carboxylic acids is 2. The molecule has 0 aliphatic carbocycles. The lowest BCUT2D eigenvalue weighted by Gasteiger charge is -2.34. The number of anilines is 1. The monoisotopic (exact) mass is 1110 g/mol. The molecular weight excluding hydrogens is 1050 g/mol. The van der Waals surface area contributed by atoms with Crippen molar-refractivity contribution in [3.63, 3.8) is 0 Å². The highest BCUT2D eigenvalue weighted by molar-refractivity contribution is 7.99. The van der Waals surface area contributed by atoms with Gasteiger partial charge >= 0.3 is 37.7 Å². The second-order valence-corrected chi connectivity index (χ2v) is 23.2. The molecule has 2 heterocycles. The zero-order chi connectivity index (χ0) is 54.7. The molecule has 0 saturated carbocycles. The minimum Gasteiger partial charge on any atom is -0.462 e. The minimum atomic E-state index is -4.55. The number of esters is 1. The number of rotatable bonds is 26. The van der Waals surface area contributed by atoms with Crippen molar-refractivity contribution in [3.8, 4) is 5.75 Å². The molecule has 1 aliphatic rings. The molecular formula is C50H61F8N4O9PS2. The van der Waals surface area contributed by atoms with Crippen LogP contribution in [0.15, 0.2) is 95.9 Å². The van der Waals surface area contributed by atoms with Gasteiger partial charge in [0.25, 0.3) is 0 Å². The molecule has 1 aromatic heterocycles. The van der Waals surface area contributed by atoms with Gasteiger partial charge in [-0.1, -0.05) is 56.3 Å². The summed E-state index contributed by atoms with van der Waals surface area (Å²) >= 11 is 3.07. The van der Waals surface area contributed by atoms with Crippen LogP contribution in [-0.2, 0) is 56.7 Å². The molecule has 0 radical (unpaired) electrons. The van der Waals surface area contributed by atoms with E-state index < -0.39 is 103 Å². The largest absolute Gasteiger partial charge is 0.462 e. The molecule has 74 heavy (non-hydrogen) atoms. The highest BCUT2D eigenvalue weighted by Gasteiger charge is 2.68. The van der Waals surface area contributed by atoms with Gasteiger partial charge in [0, 0.05) is 36.5 Å². The molecule has 13 nitrogen and oxygen atoms in total. The van der Waals surface area contributed by atoms with Crippen LogP contribution in [0, 0.1) is 10.8 Å². The molecule has 1 saturated heterocycles. The van der Waals surface area contributed by atoms with Gasteiger partial charge in [0.2, 0.25) is 12.1 Å². The summed E-state index contributed by atoms with van der Waals surface area (Å²) in [4.78, 5) is 43.4. The van der Waals surface area contributed by atoms with Crippen LogP contribution in [0.4, 0.5) is 40.9 Å². The number of aromatic nitrogens is 2. The lowest BCUT2D eigenvalue weighted by atomic mass is 9.80. The third kappa shape index (κ3) is 17.0. The first-order valence-corrected chi connectivity index (χ1v) is 27.2. The summed E-state index contributed by atoms with van der Waals surface area (Å²) in [5.41, 5.74) is -4.15. The maximum Gasteiger partial charge on any atom is 0.459 e. The number of hydrogen-bond acceptors (Lipinski definition) is 12. The predicted octanol–water partition coefficient (Wildman–Crippen LogP) is 12.4. The van der Waals surface area contributed by atoms with Gasteiger partial charge in [0.05, 0.1) is 42.0 Å². The van der Waals surface area contributed by atoms with Gasteiger partial charge < -0.3 is 24.1 Å². The van der Waals surface area contributed by atoms with E-state index in [2.05, 4.69) is 15.4 Å². The fourth-order valence-corrected chi connectivity index (χ4v) is 11.6. The Hall–Kier alpha value is -4.51. The van der Waals surface area contributed by atoms with Gasteiger partial charge in [-0.05, 0) is 112 Å². The number of methoxy groups -OCH3 is 1. The second-order valence-electron chi connectivity index (χ2n) is 19.1. The van der Waals surface area contributed by atoms with Gasteiger partial charge in [0.15, 0.2) is 0 Å². The average molecular weight is 1110 g/mol. The molecule has 2 unspecified atom stereocenters. The molecule has 24 heteroatoms. The van der Waals surface area contributed by atoms with Gasteiger partial charge in [-0.15, -0.1) is 0 Å². The fourth-order valence-electron chi connectivity index (χ4n) is 7.77. The Labute approximate surface area is 433 Å². The van der Waals surface area contributed by atoms with Gasteiger partial charge in [-0.2, -0.15) is 59.9 Å². The van der Waals surface area contributed by atoms with Crippen LogP contribution in [0.25, 0.3) is 0 Å². The topological polar surface area (TPSA) is 156 Å². The van der Waals surface area contributed by atoms with Crippen LogP contribution < -0.4 is 20.6 Å². The molecule has 3 aromatic carbocycles.